The Labute approximate surface area is 171 Å². The Bertz CT molecular complexity index is 858. The van der Waals surface area contributed by atoms with Crippen LogP contribution in [0.3, 0.4) is 0 Å². The van der Waals surface area contributed by atoms with Crippen LogP contribution in [0.5, 0.6) is 5.75 Å². The van der Waals surface area contributed by atoms with E-state index in [4.69, 9.17) is 17.0 Å². The molecule has 27 heavy (non-hydrogen) atoms. The summed E-state index contributed by atoms with van der Waals surface area (Å²) in [5, 5.41) is 8.53. The van der Waals surface area contributed by atoms with Gasteiger partial charge in [0.1, 0.15) is 5.75 Å². The largest absolute Gasteiger partial charge is 0.496 e. The number of nitrogens with one attached hydrogen (secondary N) is 3. The number of halogens is 1. The first-order valence-corrected chi connectivity index (χ1v) is 9.49. The third-order valence-electron chi connectivity index (χ3n) is 3.52. The smallest absolute Gasteiger partial charge is 0.257 e. The number of benzene rings is 2. The normalized spacial score (nSPS) is 10.0. The lowest BCUT2D eigenvalue weighted by atomic mass is 10.2. The molecular formula is C19H20BrN3O3S. The van der Waals surface area contributed by atoms with Crippen molar-refractivity contribution in [2.75, 3.05) is 17.7 Å². The topological polar surface area (TPSA) is 79.5 Å². The van der Waals surface area contributed by atoms with Gasteiger partial charge in [-0.05, 0) is 71.0 Å². The minimum Gasteiger partial charge on any atom is -0.496 e. The van der Waals surface area contributed by atoms with Crippen LogP contribution in [0.15, 0.2) is 46.9 Å². The molecule has 8 heteroatoms. The molecule has 2 rings (SSSR count). The Morgan fingerprint density at radius 3 is 2.44 bits per heavy atom. The number of ether oxygens (including phenoxy) is 1. The molecule has 0 radical (unpaired) electrons. The Morgan fingerprint density at radius 2 is 1.81 bits per heavy atom. The summed E-state index contributed by atoms with van der Waals surface area (Å²) in [6, 6.07) is 12.1. The summed E-state index contributed by atoms with van der Waals surface area (Å²) in [6.45, 7) is 1.94. The van der Waals surface area contributed by atoms with Crippen LogP contribution in [0.1, 0.15) is 30.1 Å². The highest BCUT2D eigenvalue weighted by atomic mass is 79.9. The van der Waals surface area contributed by atoms with Gasteiger partial charge in [0, 0.05) is 23.4 Å². The zero-order valence-corrected chi connectivity index (χ0v) is 17.4. The van der Waals surface area contributed by atoms with Crippen molar-refractivity contribution in [2.24, 2.45) is 0 Å². The van der Waals surface area contributed by atoms with Crippen molar-refractivity contribution in [1.82, 2.24) is 5.32 Å². The van der Waals surface area contributed by atoms with Crippen LogP contribution in [-0.4, -0.2) is 24.0 Å². The van der Waals surface area contributed by atoms with E-state index in [0.29, 0.717) is 33.6 Å². The van der Waals surface area contributed by atoms with Crippen LogP contribution in [-0.2, 0) is 4.79 Å². The number of thiocarbonyl (C=S) groups is 1. The van der Waals surface area contributed by atoms with E-state index in [1.54, 1.807) is 49.6 Å². The standard InChI is InChI=1S/C19H20BrN3O3S/c1-3-5-17(24)21-13-6-4-7-14(11-13)22-19(27)23-18(25)12-8-9-16(26-2)15(20)10-12/h4,6-11H,3,5H2,1-2H3,(H,21,24)(H2,22,23,25,27). The van der Waals surface area contributed by atoms with Gasteiger partial charge in [0.15, 0.2) is 5.11 Å². The Hall–Kier alpha value is -2.45. The summed E-state index contributed by atoms with van der Waals surface area (Å²) in [4.78, 5) is 24.0. The zero-order valence-electron chi connectivity index (χ0n) is 15.0. The molecule has 0 bridgehead atoms. The fourth-order valence-corrected chi connectivity index (χ4v) is 3.02. The van der Waals surface area contributed by atoms with Gasteiger partial charge in [-0.3, -0.25) is 14.9 Å². The maximum absolute atomic E-state index is 12.3. The number of methoxy groups -OCH3 is 1. The van der Waals surface area contributed by atoms with Gasteiger partial charge in [0.25, 0.3) is 5.91 Å². The predicted molar refractivity (Wildman–Crippen MR) is 114 cm³/mol. The van der Waals surface area contributed by atoms with Crippen LogP contribution >= 0.6 is 28.1 Å². The molecule has 142 valence electrons. The highest BCUT2D eigenvalue weighted by Crippen LogP contribution is 2.25. The van der Waals surface area contributed by atoms with Crippen LogP contribution in [0.4, 0.5) is 11.4 Å². The molecule has 2 aromatic carbocycles. The van der Waals surface area contributed by atoms with E-state index in [9.17, 15) is 9.59 Å². The number of rotatable bonds is 6. The second-order valence-electron chi connectivity index (χ2n) is 5.64. The Morgan fingerprint density at radius 1 is 1.11 bits per heavy atom. The molecule has 0 saturated heterocycles. The molecular weight excluding hydrogens is 430 g/mol. The summed E-state index contributed by atoms with van der Waals surface area (Å²) >= 11 is 8.55. The molecule has 0 atom stereocenters. The maximum Gasteiger partial charge on any atom is 0.257 e. The van der Waals surface area contributed by atoms with Gasteiger partial charge in [0.05, 0.1) is 11.6 Å². The molecule has 0 saturated carbocycles. The fourth-order valence-electron chi connectivity index (χ4n) is 2.27. The van der Waals surface area contributed by atoms with Gasteiger partial charge >= 0.3 is 0 Å². The molecule has 0 aliphatic heterocycles. The van der Waals surface area contributed by atoms with Gasteiger partial charge in [-0.15, -0.1) is 0 Å². The zero-order chi connectivity index (χ0) is 19.8. The predicted octanol–water partition coefficient (Wildman–Crippen LogP) is 4.32. The van der Waals surface area contributed by atoms with E-state index in [1.807, 2.05) is 6.92 Å². The molecule has 2 aromatic rings. The maximum atomic E-state index is 12.3. The summed E-state index contributed by atoms with van der Waals surface area (Å²) < 4.78 is 5.82. The fraction of sp³-hybridized carbons (Fsp3) is 0.211. The summed E-state index contributed by atoms with van der Waals surface area (Å²) in [5.41, 5.74) is 1.75. The van der Waals surface area contributed by atoms with Crippen molar-refractivity contribution >= 4 is 56.4 Å². The second-order valence-corrected chi connectivity index (χ2v) is 6.90. The van der Waals surface area contributed by atoms with Crippen LogP contribution in [0.2, 0.25) is 0 Å². The lowest BCUT2D eigenvalue weighted by molar-refractivity contribution is -0.116. The van der Waals surface area contributed by atoms with E-state index in [0.717, 1.165) is 6.42 Å². The molecule has 0 aliphatic rings. The van der Waals surface area contributed by atoms with Crippen molar-refractivity contribution < 1.29 is 14.3 Å². The van der Waals surface area contributed by atoms with E-state index < -0.39 is 0 Å². The van der Waals surface area contributed by atoms with Crippen LogP contribution in [0.25, 0.3) is 0 Å². The number of amides is 2. The van der Waals surface area contributed by atoms with E-state index in [2.05, 4.69) is 31.9 Å². The third-order valence-corrected chi connectivity index (χ3v) is 4.35. The number of carbonyl (C=O) groups is 2. The molecule has 0 heterocycles. The summed E-state index contributed by atoms with van der Waals surface area (Å²) in [7, 11) is 1.55. The van der Waals surface area contributed by atoms with Gasteiger partial charge < -0.3 is 15.4 Å². The summed E-state index contributed by atoms with van der Waals surface area (Å²) in [6.07, 6.45) is 1.24. The Kier molecular flexibility index (Phi) is 7.75. The monoisotopic (exact) mass is 449 g/mol. The molecule has 3 N–H and O–H groups in total. The highest BCUT2D eigenvalue weighted by molar-refractivity contribution is 9.10. The van der Waals surface area contributed by atoms with Crippen molar-refractivity contribution in [3.63, 3.8) is 0 Å². The molecule has 0 spiro atoms. The second kappa shape index (κ2) is 10.0. The van der Waals surface area contributed by atoms with Crippen molar-refractivity contribution in [3.8, 4) is 5.75 Å². The summed E-state index contributed by atoms with van der Waals surface area (Å²) in [5.74, 6) is 0.244. The molecule has 0 unspecified atom stereocenters. The SMILES string of the molecule is CCCC(=O)Nc1cccc(NC(=S)NC(=O)c2ccc(OC)c(Br)c2)c1. The molecule has 2 amide bonds. The van der Waals surface area contributed by atoms with Gasteiger partial charge in [0.2, 0.25) is 5.91 Å². The molecule has 0 aliphatic carbocycles. The molecule has 6 nitrogen and oxygen atoms in total. The minimum absolute atomic E-state index is 0.0457. The number of carbonyl (C=O) groups excluding carboxylic acids is 2. The quantitative estimate of drug-likeness (QED) is 0.572. The van der Waals surface area contributed by atoms with Crippen molar-refractivity contribution in [3.05, 3.63) is 52.5 Å². The van der Waals surface area contributed by atoms with E-state index in [-0.39, 0.29) is 16.9 Å². The molecule has 0 aromatic heterocycles. The van der Waals surface area contributed by atoms with Gasteiger partial charge in [-0.1, -0.05) is 13.0 Å². The van der Waals surface area contributed by atoms with Gasteiger partial charge in [-0.25, -0.2) is 0 Å². The lowest BCUT2D eigenvalue weighted by Crippen LogP contribution is -2.34. The highest BCUT2D eigenvalue weighted by Gasteiger charge is 2.11. The van der Waals surface area contributed by atoms with Crippen LogP contribution < -0.4 is 20.7 Å². The average Bonchev–Trinajstić information content (AvgIpc) is 2.61. The number of anilines is 2. The van der Waals surface area contributed by atoms with Crippen molar-refractivity contribution in [2.45, 2.75) is 19.8 Å². The van der Waals surface area contributed by atoms with Crippen molar-refractivity contribution in [1.29, 1.82) is 0 Å². The molecule has 0 fully saturated rings. The Balaban J connectivity index is 1.98. The first-order valence-electron chi connectivity index (χ1n) is 8.28. The first kappa shape index (κ1) is 20.9. The van der Waals surface area contributed by atoms with Gasteiger partial charge in [-0.2, -0.15) is 0 Å². The average molecular weight is 450 g/mol. The van der Waals surface area contributed by atoms with E-state index >= 15 is 0 Å². The lowest BCUT2D eigenvalue weighted by Gasteiger charge is -2.12. The first-order chi connectivity index (χ1) is 12.9. The number of hydrogen-bond donors (Lipinski definition) is 3. The number of hydrogen-bond acceptors (Lipinski definition) is 4. The third kappa shape index (κ3) is 6.33. The van der Waals surface area contributed by atoms with E-state index in [1.165, 1.54) is 0 Å². The van der Waals surface area contributed by atoms with Crippen LogP contribution in [0, 0.1) is 0 Å². The minimum atomic E-state index is -0.344.